The summed E-state index contributed by atoms with van der Waals surface area (Å²) >= 11 is 1.33. The molecule has 0 unspecified atom stereocenters. The Bertz CT molecular complexity index is 1010. The zero-order chi connectivity index (χ0) is 19.0. The number of carbonyl (C=O) groups excluding carboxylic acids is 1. The van der Waals surface area contributed by atoms with Crippen LogP contribution in [0.5, 0.6) is 0 Å². The Labute approximate surface area is 154 Å². The molecule has 3 aromatic heterocycles. The lowest BCUT2D eigenvalue weighted by Gasteiger charge is -2.18. The van der Waals surface area contributed by atoms with Crippen LogP contribution in [0, 0.1) is 20.8 Å². The van der Waals surface area contributed by atoms with Crippen LogP contribution in [0.15, 0.2) is 15.4 Å². The molecule has 1 N–H and O–H groups in total. The van der Waals surface area contributed by atoms with Gasteiger partial charge in [-0.25, -0.2) is 9.38 Å². The van der Waals surface area contributed by atoms with Gasteiger partial charge in [-0.05, 0) is 27.7 Å². The largest absolute Gasteiger partial charge is 0.364 e. The van der Waals surface area contributed by atoms with Crippen molar-refractivity contribution in [1.29, 1.82) is 0 Å². The summed E-state index contributed by atoms with van der Waals surface area (Å²) in [6.45, 7) is 8.30. The zero-order valence-electron chi connectivity index (χ0n) is 15.4. The first kappa shape index (κ1) is 18.1. The van der Waals surface area contributed by atoms with Crippen LogP contribution >= 0.6 is 11.3 Å². The highest BCUT2D eigenvalue weighted by Gasteiger charge is 2.20. The first-order valence-electron chi connectivity index (χ1n) is 8.27. The Balaban J connectivity index is 2.00. The average molecular weight is 375 g/mol. The Morgan fingerprint density at radius 1 is 1.38 bits per heavy atom. The van der Waals surface area contributed by atoms with E-state index in [-0.39, 0.29) is 11.5 Å². The topological polar surface area (TPSA) is 92.7 Å². The molecule has 0 aliphatic rings. The van der Waals surface area contributed by atoms with E-state index >= 15 is 0 Å². The van der Waals surface area contributed by atoms with Gasteiger partial charge in [0.15, 0.2) is 10.7 Å². The number of nitrogens with zero attached hydrogens (tertiary/aromatic N) is 4. The van der Waals surface area contributed by atoms with Gasteiger partial charge in [-0.3, -0.25) is 9.59 Å². The first-order valence-corrected chi connectivity index (χ1v) is 9.09. The van der Waals surface area contributed by atoms with Crippen molar-refractivity contribution in [2.45, 2.75) is 34.2 Å². The van der Waals surface area contributed by atoms with E-state index in [2.05, 4.69) is 15.5 Å². The molecule has 9 heteroatoms. The lowest BCUT2D eigenvalue weighted by Crippen LogP contribution is -2.28. The number of rotatable bonds is 5. The standard InChI is InChI=1S/C17H21N5O3S/c1-6-18-16(24)15-11(4)26-17-19-12(7-13(23)22(15)17)8-21(5)14-9(2)20-25-10(14)3/h7H,6,8H2,1-5H3,(H,18,24). The van der Waals surface area contributed by atoms with E-state index in [9.17, 15) is 9.59 Å². The van der Waals surface area contributed by atoms with Gasteiger partial charge in [-0.15, -0.1) is 11.3 Å². The maximum atomic E-state index is 12.6. The summed E-state index contributed by atoms with van der Waals surface area (Å²) in [6.07, 6.45) is 0. The molecule has 0 radical (unpaired) electrons. The number of hydrogen-bond donors (Lipinski definition) is 1. The van der Waals surface area contributed by atoms with E-state index < -0.39 is 0 Å². The van der Waals surface area contributed by atoms with Gasteiger partial charge < -0.3 is 14.7 Å². The molecule has 3 heterocycles. The van der Waals surface area contributed by atoms with Gasteiger partial charge >= 0.3 is 0 Å². The van der Waals surface area contributed by atoms with E-state index in [1.807, 2.05) is 39.6 Å². The highest BCUT2D eigenvalue weighted by atomic mass is 32.1. The number of carbonyl (C=O) groups is 1. The monoisotopic (exact) mass is 375 g/mol. The normalized spacial score (nSPS) is 11.1. The predicted octanol–water partition coefficient (Wildman–Crippen LogP) is 2.06. The van der Waals surface area contributed by atoms with Gasteiger partial charge in [0.25, 0.3) is 11.5 Å². The fourth-order valence-corrected chi connectivity index (χ4v) is 4.05. The number of hydrogen-bond acceptors (Lipinski definition) is 7. The molecule has 0 spiro atoms. The summed E-state index contributed by atoms with van der Waals surface area (Å²) in [6, 6.07) is 1.47. The summed E-state index contributed by atoms with van der Waals surface area (Å²) in [5.41, 5.74) is 2.39. The maximum Gasteiger partial charge on any atom is 0.269 e. The minimum Gasteiger partial charge on any atom is -0.364 e. The third-order valence-corrected chi connectivity index (χ3v) is 5.03. The minimum atomic E-state index is -0.263. The van der Waals surface area contributed by atoms with Crippen molar-refractivity contribution in [3.8, 4) is 0 Å². The van der Waals surface area contributed by atoms with Crippen LogP contribution in [0.2, 0.25) is 0 Å². The summed E-state index contributed by atoms with van der Waals surface area (Å²) < 4.78 is 6.58. The molecule has 0 aliphatic heterocycles. The summed E-state index contributed by atoms with van der Waals surface area (Å²) in [4.78, 5) is 32.7. The number of amides is 1. The van der Waals surface area contributed by atoms with Crippen molar-refractivity contribution in [2.75, 3.05) is 18.5 Å². The number of thiazole rings is 1. The van der Waals surface area contributed by atoms with Crippen molar-refractivity contribution in [2.24, 2.45) is 0 Å². The number of anilines is 1. The highest BCUT2D eigenvalue weighted by Crippen LogP contribution is 2.25. The van der Waals surface area contributed by atoms with Gasteiger partial charge in [-0.2, -0.15) is 0 Å². The molecule has 0 aromatic carbocycles. The van der Waals surface area contributed by atoms with Crippen molar-refractivity contribution in [3.05, 3.63) is 44.1 Å². The molecule has 0 aliphatic carbocycles. The van der Waals surface area contributed by atoms with Crippen LogP contribution in [0.3, 0.4) is 0 Å². The Morgan fingerprint density at radius 3 is 2.73 bits per heavy atom. The second kappa shape index (κ2) is 6.91. The molecule has 0 saturated carbocycles. The minimum absolute atomic E-state index is 0.261. The van der Waals surface area contributed by atoms with Gasteiger partial charge in [0.05, 0.1) is 12.2 Å². The first-order chi connectivity index (χ1) is 12.3. The third-order valence-electron chi connectivity index (χ3n) is 4.07. The highest BCUT2D eigenvalue weighted by molar-refractivity contribution is 7.17. The quantitative estimate of drug-likeness (QED) is 0.734. The number of nitrogens with one attached hydrogen (secondary N) is 1. The number of fused-ring (bicyclic) bond motifs is 1. The molecule has 26 heavy (non-hydrogen) atoms. The Hall–Kier alpha value is -2.68. The van der Waals surface area contributed by atoms with E-state index in [1.165, 1.54) is 21.8 Å². The van der Waals surface area contributed by atoms with Crippen LogP contribution in [-0.4, -0.2) is 34.0 Å². The third kappa shape index (κ3) is 3.10. The molecule has 138 valence electrons. The molecule has 0 bridgehead atoms. The van der Waals surface area contributed by atoms with Crippen LogP contribution < -0.4 is 15.8 Å². The van der Waals surface area contributed by atoms with Gasteiger partial charge in [0.2, 0.25) is 0 Å². The van der Waals surface area contributed by atoms with Crippen LogP contribution in [0.25, 0.3) is 4.96 Å². The van der Waals surface area contributed by atoms with E-state index in [0.717, 1.165) is 16.3 Å². The van der Waals surface area contributed by atoms with E-state index in [0.29, 0.717) is 35.2 Å². The van der Waals surface area contributed by atoms with E-state index in [4.69, 9.17) is 4.52 Å². The molecule has 0 saturated heterocycles. The van der Waals surface area contributed by atoms with Crippen molar-refractivity contribution >= 4 is 27.9 Å². The van der Waals surface area contributed by atoms with E-state index in [1.54, 1.807) is 0 Å². The van der Waals surface area contributed by atoms with Crippen molar-refractivity contribution in [3.63, 3.8) is 0 Å². The fraction of sp³-hybridized carbons (Fsp3) is 0.412. The molecule has 0 fully saturated rings. The van der Waals surface area contributed by atoms with Crippen molar-refractivity contribution < 1.29 is 9.32 Å². The van der Waals surface area contributed by atoms with Crippen LogP contribution in [0.1, 0.15) is 39.4 Å². The molecular weight excluding hydrogens is 354 g/mol. The Morgan fingerprint density at radius 2 is 2.12 bits per heavy atom. The smallest absolute Gasteiger partial charge is 0.269 e. The average Bonchev–Trinajstić information content (AvgIpc) is 3.06. The summed E-state index contributed by atoms with van der Waals surface area (Å²) in [5.74, 6) is 0.453. The molecule has 3 aromatic rings. The molecule has 0 atom stereocenters. The molecular formula is C17H21N5O3S. The zero-order valence-corrected chi connectivity index (χ0v) is 16.2. The van der Waals surface area contributed by atoms with Crippen molar-refractivity contribution in [1.82, 2.24) is 19.9 Å². The van der Waals surface area contributed by atoms with Crippen LogP contribution in [0.4, 0.5) is 5.69 Å². The lowest BCUT2D eigenvalue weighted by atomic mass is 10.2. The molecule has 1 amide bonds. The number of aromatic nitrogens is 3. The second-order valence-electron chi connectivity index (χ2n) is 6.10. The SMILES string of the molecule is CCNC(=O)c1c(C)sc2nc(CN(C)c3c(C)noc3C)cc(=O)n12. The van der Waals surface area contributed by atoms with Gasteiger partial charge in [0.1, 0.15) is 17.1 Å². The summed E-state index contributed by atoms with van der Waals surface area (Å²) in [5, 5.41) is 6.69. The predicted molar refractivity (Wildman–Crippen MR) is 100 cm³/mol. The molecule has 3 rings (SSSR count). The second-order valence-corrected chi connectivity index (χ2v) is 7.28. The maximum absolute atomic E-state index is 12.6. The summed E-state index contributed by atoms with van der Waals surface area (Å²) in [7, 11) is 1.90. The molecule has 8 nitrogen and oxygen atoms in total. The Kier molecular flexibility index (Phi) is 4.82. The van der Waals surface area contributed by atoms with Gasteiger partial charge in [0, 0.05) is 24.5 Å². The number of aryl methyl sites for hydroxylation is 3. The fourth-order valence-electron chi connectivity index (χ4n) is 3.06. The lowest BCUT2D eigenvalue weighted by molar-refractivity contribution is 0.0949. The van der Waals surface area contributed by atoms with Gasteiger partial charge in [-0.1, -0.05) is 5.16 Å². The van der Waals surface area contributed by atoms with Crippen LogP contribution in [-0.2, 0) is 6.54 Å².